The first-order valence-corrected chi connectivity index (χ1v) is 9.84. The summed E-state index contributed by atoms with van der Waals surface area (Å²) >= 11 is 1.46. The SMILES string of the molecule is CC1(C)N[C@H](c2ccccc2)C(=O)N1[C@@H]1C(=O)C2[C@@H]1SC(C)(C)N2C(=O)O. The molecular formula is C19H23N3O4S. The van der Waals surface area contributed by atoms with Crippen LogP contribution in [0, 0.1) is 0 Å². The van der Waals surface area contributed by atoms with Crippen LogP contribution in [0.1, 0.15) is 39.3 Å². The van der Waals surface area contributed by atoms with E-state index in [4.69, 9.17) is 0 Å². The van der Waals surface area contributed by atoms with E-state index in [1.165, 1.54) is 16.7 Å². The maximum atomic E-state index is 13.2. The lowest BCUT2D eigenvalue weighted by molar-refractivity contribution is -0.150. The lowest BCUT2D eigenvalue weighted by Gasteiger charge is -2.48. The molecule has 2 saturated heterocycles. The first-order valence-electron chi connectivity index (χ1n) is 8.96. The number of rotatable bonds is 2. The van der Waals surface area contributed by atoms with Gasteiger partial charge in [-0.05, 0) is 33.3 Å². The molecule has 0 spiro atoms. The monoisotopic (exact) mass is 389 g/mol. The van der Waals surface area contributed by atoms with Crippen LogP contribution in [0.2, 0.25) is 0 Å². The number of benzene rings is 1. The van der Waals surface area contributed by atoms with Gasteiger partial charge < -0.3 is 10.0 Å². The van der Waals surface area contributed by atoms with Crippen LogP contribution in [-0.4, -0.2) is 60.6 Å². The fraction of sp³-hybridized carbons (Fsp3) is 0.526. The molecule has 1 unspecified atom stereocenters. The van der Waals surface area contributed by atoms with Crippen molar-refractivity contribution in [3.63, 3.8) is 0 Å². The summed E-state index contributed by atoms with van der Waals surface area (Å²) in [6.07, 6.45) is -1.10. The van der Waals surface area contributed by atoms with Gasteiger partial charge in [-0.3, -0.25) is 19.8 Å². The quantitative estimate of drug-likeness (QED) is 0.805. The summed E-state index contributed by atoms with van der Waals surface area (Å²) < 4.78 is 0. The largest absolute Gasteiger partial charge is 0.465 e. The van der Waals surface area contributed by atoms with Gasteiger partial charge in [0.25, 0.3) is 0 Å². The average molecular weight is 389 g/mol. The highest BCUT2D eigenvalue weighted by Gasteiger charge is 2.68. The molecule has 1 aliphatic carbocycles. The number of Topliss-reactive ketones (excluding diaryl/α,β-unsaturated/α-hetero) is 1. The molecule has 0 radical (unpaired) electrons. The summed E-state index contributed by atoms with van der Waals surface area (Å²) in [7, 11) is 0. The van der Waals surface area contributed by atoms with Crippen molar-refractivity contribution in [3.05, 3.63) is 35.9 Å². The highest BCUT2D eigenvalue weighted by atomic mass is 32.2. The van der Waals surface area contributed by atoms with E-state index in [1.807, 2.05) is 44.2 Å². The minimum atomic E-state index is -1.10. The normalized spacial score (nSPS) is 33.8. The van der Waals surface area contributed by atoms with Crippen LogP contribution in [0.25, 0.3) is 0 Å². The molecule has 1 saturated carbocycles. The molecule has 8 heteroatoms. The number of carboxylic acid groups (broad SMARTS) is 1. The second kappa shape index (κ2) is 5.72. The molecule has 0 aromatic heterocycles. The van der Waals surface area contributed by atoms with Crippen molar-refractivity contribution < 1.29 is 19.5 Å². The van der Waals surface area contributed by atoms with Crippen molar-refractivity contribution >= 4 is 29.5 Å². The Bertz CT molecular complexity index is 826. The van der Waals surface area contributed by atoms with Gasteiger partial charge in [0.2, 0.25) is 5.91 Å². The van der Waals surface area contributed by atoms with Gasteiger partial charge in [-0.2, -0.15) is 0 Å². The van der Waals surface area contributed by atoms with E-state index >= 15 is 0 Å². The zero-order valence-electron chi connectivity index (χ0n) is 15.7. The van der Waals surface area contributed by atoms with Gasteiger partial charge in [0.05, 0.1) is 15.8 Å². The zero-order chi connectivity index (χ0) is 19.7. The number of carbonyl (C=O) groups excluding carboxylic acids is 2. The third kappa shape index (κ3) is 2.50. The predicted octanol–water partition coefficient (Wildman–Crippen LogP) is 2.05. The van der Waals surface area contributed by atoms with Crippen LogP contribution in [0.4, 0.5) is 4.79 Å². The number of nitrogens with zero attached hydrogens (tertiary/aromatic N) is 2. The molecular weight excluding hydrogens is 366 g/mol. The Morgan fingerprint density at radius 1 is 1.11 bits per heavy atom. The maximum absolute atomic E-state index is 13.2. The van der Waals surface area contributed by atoms with Crippen LogP contribution < -0.4 is 5.32 Å². The van der Waals surface area contributed by atoms with E-state index in [1.54, 1.807) is 18.7 Å². The molecule has 3 fully saturated rings. The molecule has 2 heterocycles. The Hall–Kier alpha value is -2.06. The highest BCUT2D eigenvalue weighted by molar-refractivity contribution is 8.01. The summed E-state index contributed by atoms with van der Waals surface area (Å²) in [6, 6.07) is 7.61. The lowest BCUT2D eigenvalue weighted by Crippen LogP contribution is -2.72. The van der Waals surface area contributed by atoms with Crippen molar-refractivity contribution in [2.45, 2.75) is 61.6 Å². The summed E-state index contributed by atoms with van der Waals surface area (Å²) in [5.41, 5.74) is 0.150. The molecule has 7 nitrogen and oxygen atoms in total. The van der Waals surface area contributed by atoms with Gasteiger partial charge >= 0.3 is 6.09 Å². The van der Waals surface area contributed by atoms with Crippen molar-refractivity contribution in [1.82, 2.24) is 15.1 Å². The molecule has 4 atom stereocenters. The first-order chi connectivity index (χ1) is 12.6. The molecule has 144 valence electrons. The number of hydrogen-bond acceptors (Lipinski definition) is 5. The molecule has 3 aliphatic rings. The molecule has 2 N–H and O–H groups in total. The topological polar surface area (TPSA) is 90.0 Å². The molecule has 4 rings (SSSR count). The second-order valence-electron chi connectivity index (χ2n) is 8.23. The number of thioether (sulfide) groups is 1. The van der Waals surface area contributed by atoms with Crippen LogP contribution in [0.15, 0.2) is 30.3 Å². The number of hydrogen-bond donors (Lipinski definition) is 2. The number of fused-ring (bicyclic) bond motifs is 1. The minimum absolute atomic E-state index is 0.143. The fourth-order valence-electron chi connectivity index (χ4n) is 4.56. The molecule has 2 aliphatic heterocycles. The third-order valence-electron chi connectivity index (χ3n) is 5.69. The van der Waals surface area contributed by atoms with Crippen molar-refractivity contribution in [2.75, 3.05) is 0 Å². The van der Waals surface area contributed by atoms with Gasteiger partial charge in [-0.1, -0.05) is 30.3 Å². The average Bonchev–Trinajstić information content (AvgIpc) is 2.98. The summed E-state index contributed by atoms with van der Waals surface area (Å²) in [6.45, 7) is 7.37. The molecule has 0 bridgehead atoms. The predicted molar refractivity (Wildman–Crippen MR) is 101 cm³/mol. The summed E-state index contributed by atoms with van der Waals surface area (Å²) in [5, 5.41) is 12.6. The van der Waals surface area contributed by atoms with Crippen LogP contribution in [0.3, 0.4) is 0 Å². The summed E-state index contributed by atoms with van der Waals surface area (Å²) in [5.74, 6) is -0.340. The van der Waals surface area contributed by atoms with Crippen LogP contribution in [0.5, 0.6) is 0 Å². The summed E-state index contributed by atoms with van der Waals surface area (Å²) in [4.78, 5) is 40.0. The zero-order valence-corrected chi connectivity index (χ0v) is 16.5. The van der Waals surface area contributed by atoms with E-state index in [0.717, 1.165) is 5.56 Å². The Kier molecular flexibility index (Phi) is 3.88. The van der Waals surface area contributed by atoms with Gasteiger partial charge in [0, 0.05) is 0 Å². The smallest absolute Gasteiger partial charge is 0.409 e. The maximum Gasteiger partial charge on any atom is 0.409 e. The standard InChI is InChI=1S/C19H23N3O4S/c1-18(2)20-11(10-8-6-5-7-9-10)16(24)21(18)12-14(23)13-15(12)27-19(3,4)22(13)17(25)26/h5-9,11-13,15,20H,1-4H3,(H,25,26)/t11-,12-,13?,15-/m1/s1. The number of amides is 2. The third-order valence-corrected chi connectivity index (χ3v) is 7.25. The number of carbonyl (C=O) groups is 3. The Balaban J connectivity index is 1.65. The Morgan fingerprint density at radius 2 is 1.74 bits per heavy atom. The van der Waals surface area contributed by atoms with Gasteiger partial charge in [-0.15, -0.1) is 11.8 Å². The first kappa shape index (κ1) is 18.3. The van der Waals surface area contributed by atoms with E-state index in [0.29, 0.717) is 0 Å². The second-order valence-corrected chi connectivity index (χ2v) is 10.0. The van der Waals surface area contributed by atoms with Crippen molar-refractivity contribution in [1.29, 1.82) is 0 Å². The number of ketones is 1. The number of nitrogens with one attached hydrogen (secondary N) is 1. The molecule has 1 aromatic carbocycles. The van der Waals surface area contributed by atoms with Crippen LogP contribution in [-0.2, 0) is 9.59 Å². The molecule has 2 amide bonds. The molecule has 27 heavy (non-hydrogen) atoms. The molecule has 1 aromatic rings. The lowest BCUT2D eigenvalue weighted by atomic mass is 9.80. The van der Waals surface area contributed by atoms with E-state index in [2.05, 4.69) is 5.32 Å². The Morgan fingerprint density at radius 3 is 2.33 bits per heavy atom. The van der Waals surface area contributed by atoms with Gasteiger partial charge in [0.15, 0.2) is 5.78 Å². The van der Waals surface area contributed by atoms with E-state index in [-0.39, 0.29) is 16.9 Å². The van der Waals surface area contributed by atoms with Gasteiger partial charge in [0.1, 0.15) is 18.1 Å². The van der Waals surface area contributed by atoms with E-state index in [9.17, 15) is 19.5 Å². The van der Waals surface area contributed by atoms with Crippen molar-refractivity contribution in [3.8, 4) is 0 Å². The van der Waals surface area contributed by atoms with E-state index < -0.39 is 34.8 Å². The van der Waals surface area contributed by atoms with Crippen LogP contribution >= 0.6 is 11.8 Å². The highest BCUT2D eigenvalue weighted by Crippen LogP contribution is 2.54. The van der Waals surface area contributed by atoms with Crippen molar-refractivity contribution in [2.24, 2.45) is 0 Å². The van der Waals surface area contributed by atoms with Gasteiger partial charge in [-0.25, -0.2) is 4.79 Å². The fourth-order valence-corrected chi connectivity index (χ4v) is 6.30. The minimum Gasteiger partial charge on any atom is -0.465 e. The Labute approximate surface area is 162 Å².